The van der Waals surface area contributed by atoms with Crippen molar-refractivity contribution >= 4 is 17.5 Å². The van der Waals surface area contributed by atoms with Crippen LogP contribution in [0.5, 0.6) is 0 Å². The number of pyridine rings is 1. The van der Waals surface area contributed by atoms with Crippen LogP contribution in [0.15, 0.2) is 42.6 Å². The van der Waals surface area contributed by atoms with Crippen molar-refractivity contribution in [2.45, 2.75) is 26.3 Å². The Morgan fingerprint density at radius 3 is 2.48 bits per heavy atom. The molecule has 0 aliphatic carbocycles. The molecular weight excluding hydrogens is 355 g/mol. The highest BCUT2D eigenvalue weighted by molar-refractivity contribution is 5.65. The van der Waals surface area contributed by atoms with Gasteiger partial charge in [0, 0.05) is 18.3 Å². The van der Waals surface area contributed by atoms with E-state index in [9.17, 15) is 13.2 Å². The highest BCUT2D eigenvalue weighted by atomic mass is 19.2. The number of anilines is 3. The van der Waals surface area contributed by atoms with E-state index in [1.165, 1.54) is 6.07 Å². The van der Waals surface area contributed by atoms with E-state index in [-0.39, 0.29) is 17.8 Å². The van der Waals surface area contributed by atoms with Gasteiger partial charge in [-0.1, -0.05) is 13.0 Å². The van der Waals surface area contributed by atoms with E-state index in [1.54, 1.807) is 24.4 Å². The Morgan fingerprint density at radius 1 is 1.00 bits per heavy atom. The normalized spacial score (nSPS) is 11.9. The standard InChI is InChI=1S/C19H18F3N5/c1-3-11(2)24-19-25-15(14-6-4-5-9-23-14)10-16(27-19)26-18-13(21)8-7-12(20)17(18)22/h4-11H,3H2,1-2H3,(H2,24,25,26,27)/t11-/m1/s1. The van der Waals surface area contributed by atoms with Crippen LogP contribution in [0.3, 0.4) is 0 Å². The maximum Gasteiger partial charge on any atom is 0.225 e. The van der Waals surface area contributed by atoms with Crippen LogP contribution < -0.4 is 10.6 Å². The fraction of sp³-hybridized carbons (Fsp3) is 0.211. The summed E-state index contributed by atoms with van der Waals surface area (Å²) in [6.45, 7) is 3.95. The van der Waals surface area contributed by atoms with E-state index < -0.39 is 23.1 Å². The van der Waals surface area contributed by atoms with Crippen molar-refractivity contribution in [2.24, 2.45) is 0 Å². The Balaban J connectivity index is 2.04. The molecule has 2 heterocycles. The third-order valence-electron chi connectivity index (χ3n) is 3.94. The summed E-state index contributed by atoms with van der Waals surface area (Å²) < 4.78 is 41.4. The van der Waals surface area contributed by atoms with E-state index in [0.29, 0.717) is 11.4 Å². The second kappa shape index (κ2) is 8.03. The lowest BCUT2D eigenvalue weighted by Crippen LogP contribution is -2.16. The van der Waals surface area contributed by atoms with Gasteiger partial charge in [0.1, 0.15) is 17.3 Å². The van der Waals surface area contributed by atoms with Gasteiger partial charge in [0.15, 0.2) is 11.6 Å². The first kappa shape index (κ1) is 18.6. The molecule has 0 aliphatic heterocycles. The molecule has 8 heteroatoms. The molecule has 2 aromatic heterocycles. The number of halogens is 3. The molecule has 3 rings (SSSR count). The molecule has 0 radical (unpaired) electrons. The maximum absolute atomic E-state index is 14.0. The topological polar surface area (TPSA) is 62.7 Å². The minimum atomic E-state index is -1.32. The summed E-state index contributed by atoms with van der Waals surface area (Å²) in [6, 6.07) is 8.46. The third kappa shape index (κ3) is 4.33. The number of hydrogen-bond acceptors (Lipinski definition) is 5. The smallest absolute Gasteiger partial charge is 0.225 e. The Kier molecular flexibility index (Phi) is 5.54. The van der Waals surface area contributed by atoms with Crippen LogP contribution >= 0.6 is 0 Å². The molecule has 27 heavy (non-hydrogen) atoms. The molecule has 1 aromatic carbocycles. The number of rotatable bonds is 6. The van der Waals surface area contributed by atoms with E-state index in [4.69, 9.17) is 0 Å². The lowest BCUT2D eigenvalue weighted by molar-refractivity contribution is 0.499. The van der Waals surface area contributed by atoms with Crippen LogP contribution in [0.25, 0.3) is 11.4 Å². The summed E-state index contributed by atoms with van der Waals surface area (Å²) in [5.41, 5.74) is 0.404. The number of nitrogens with zero attached hydrogens (tertiary/aromatic N) is 3. The zero-order valence-electron chi connectivity index (χ0n) is 14.8. The SMILES string of the molecule is CC[C@@H](C)Nc1nc(Nc2c(F)ccc(F)c2F)cc(-c2ccccn2)n1. The molecule has 0 fully saturated rings. The molecule has 0 saturated heterocycles. The monoisotopic (exact) mass is 373 g/mol. The summed E-state index contributed by atoms with van der Waals surface area (Å²) in [5, 5.41) is 5.63. The number of nitrogens with one attached hydrogen (secondary N) is 2. The van der Waals surface area contributed by atoms with Gasteiger partial charge in [-0.2, -0.15) is 4.98 Å². The molecular formula is C19H18F3N5. The van der Waals surface area contributed by atoms with E-state index >= 15 is 0 Å². The Morgan fingerprint density at radius 2 is 1.78 bits per heavy atom. The molecule has 0 aliphatic rings. The maximum atomic E-state index is 14.0. The van der Waals surface area contributed by atoms with Crippen molar-refractivity contribution in [3.05, 3.63) is 60.0 Å². The van der Waals surface area contributed by atoms with Crippen LogP contribution in [0, 0.1) is 17.5 Å². The molecule has 0 spiro atoms. The highest BCUT2D eigenvalue weighted by Gasteiger charge is 2.16. The second-order valence-corrected chi connectivity index (χ2v) is 5.97. The summed E-state index contributed by atoms with van der Waals surface area (Å²) in [7, 11) is 0. The van der Waals surface area contributed by atoms with Gasteiger partial charge in [-0.15, -0.1) is 0 Å². The molecule has 1 atom stereocenters. The molecule has 0 saturated carbocycles. The fourth-order valence-corrected chi connectivity index (χ4v) is 2.31. The zero-order valence-corrected chi connectivity index (χ0v) is 14.8. The number of hydrogen-bond donors (Lipinski definition) is 2. The minimum absolute atomic E-state index is 0.0828. The summed E-state index contributed by atoms with van der Waals surface area (Å²) in [5.74, 6) is -3.02. The van der Waals surface area contributed by atoms with E-state index in [1.807, 2.05) is 13.8 Å². The van der Waals surface area contributed by atoms with Crippen LogP contribution in [-0.2, 0) is 0 Å². The average Bonchev–Trinajstić information content (AvgIpc) is 2.68. The predicted molar refractivity (Wildman–Crippen MR) is 98.2 cm³/mol. The Bertz CT molecular complexity index is 934. The predicted octanol–water partition coefficient (Wildman–Crippen LogP) is 4.91. The minimum Gasteiger partial charge on any atom is -0.352 e. The zero-order chi connectivity index (χ0) is 19.4. The van der Waals surface area contributed by atoms with Gasteiger partial charge < -0.3 is 10.6 Å². The van der Waals surface area contributed by atoms with Crippen molar-refractivity contribution in [1.29, 1.82) is 0 Å². The molecule has 140 valence electrons. The van der Waals surface area contributed by atoms with Crippen LogP contribution in [0.1, 0.15) is 20.3 Å². The summed E-state index contributed by atoms with van der Waals surface area (Å²) >= 11 is 0. The van der Waals surface area contributed by atoms with E-state index in [2.05, 4.69) is 25.6 Å². The summed E-state index contributed by atoms with van der Waals surface area (Å²) in [4.78, 5) is 12.9. The summed E-state index contributed by atoms with van der Waals surface area (Å²) in [6.07, 6.45) is 2.44. The molecule has 0 amide bonds. The molecule has 2 N–H and O–H groups in total. The first-order valence-electron chi connectivity index (χ1n) is 8.45. The van der Waals surface area contributed by atoms with Gasteiger partial charge in [-0.3, -0.25) is 4.98 Å². The third-order valence-corrected chi connectivity index (χ3v) is 3.94. The van der Waals surface area contributed by atoms with Crippen molar-refractivity contribution in [3.63, 3.8) is 0 Å². The quantitative estimate of drug-likeness (QED) is 0.601. The van der Waals surface area contributed by atoms with Gasteiger partial charge in [0.25, 0.3) is 0 Å². The lowest BCUT2D eigenvalue weighted by atomic mass is 10.2. The lowest BCUT2D eigenvalue weighted by Gasteiger charge is -2.15. The van der Waals surface area contributed by atoms with Crippen molar-refractivity contribution in [1.82, 2.24) is 15.0 Å². The van der Waals surface area contributed by atoms with E-state index in [0.717, 1.165) is 18.6 Å². The van der Waals surface area contributed by atoms with Crippen LogP contribution in [0.4, 0.5) is 30.6 Å². The largest absolute Gasteiger partial charge is 0.352 e. The highest BCUT2D eigenvalue weighted by Crippen LogP contribution is 2.27. The van der Waals surface area contributed by atoms with Gasteiger partial charge in [0.05, 0.1) is 11.4 Å². The average molecular weight is 373 g/mol. The van der Waals surface area contributed by atoms with Gasteiger partial charge in [-0.05, 0) is 37.6 Å². The van der Waals surface area contributed by atoms with Gasteiger partial charge in [-0.25, -0.2) is 18.2 Å². The molecule has 0 bridgehead atoms. The van der Waals surface area contributed by atoms with Crippen LogP contribution in [-0.4, -0.2) is 21.0 Å². The Labute approximate surface area is 154 Å². The molecule has 3 aromatic rings. The van der Waals surface area contributed by atoms with Gasteiger partial charge >= 0.3 is 0 Å². The van der Waals surface area contributed by atoms with Crippen molar-refractivity contribution in [3.8, 4) is 11.4 Å². The van der Waals surface area contributed by atoms with Crippen molar-refractivity contribution in [2.75, 3.05) is 10.6 Å². The number of benzene rings is 1. The Hall–Kier alpha value is -3.16. The second-order valence-electron chi connectivity index (χ2n) is 5.97. The molecule has 5 nitrogen and oxygen atoms in total. The van der Waals surface area contributed by atoms with Crippen molar-refractivity contribution < 1.29 is 13.2 Å². The first-order valence-corrected chi connectivity index (χ1v) is 8.45. The molecule has 0 unspecified atom stereocenters. The van der Waals surface area contributed by atoms with Gasteiger partial charge in [0.2, 0.25) is 5.95 Å². The van der Waals surface area contributed by atoms with Crippen LogP contribution in [0.2, 0.25) is 0 Å². The number of aromatic nitrogens is 3. The fourth-order valence-electron chi connectivity index (χ4n) is 2.31. The first-order chi connectivity index (χ1) is 13.0.